The van der Waals surface area contributed by atoms with Gasteiger partial charge in [0.05, 0.1) is 5.69 Å². The Morgan fingerprint density at radius 1 is 1.40 bits per heavy atom. The van der Waals surface area contributed by atoms with Crippen molar-refractivity contribution in [2.45, 2.75) is 25.3 Å². The van der Waals surface area contributed by atoms with Crippen molar-refractivity contribution >= 4 is 27.3 Å². The number of amides is 1. The molecule has 1 amide bonds. The molecule has 130 valence electrons. The molecule has 1 aromatic carbocycles. The lowest BCUT2D eigenvalue weighted by Gasteiger charge is -2.21. The number of carbonyl (C=O) groups is 1. The Kier molecular flexibility index (Phi) is 4.50. The normalized spacial score (nSPS) is 15.6. The molecule has 1 fully saturated rings. The van der Waals surface area contributed by atoms with E-state index in [0.29, 0.717) is 12.1 Å². The van der Waals surface area contributed by atoms with E-state index in [1.807, 2.05) is 5.38 Å². The molecule has 1 saturated heterocycles. The highest BCUT2D eigenvalue weighted by molar-refractivity contribution is 7.17. The van der Waals surface area contributed by atoms with Crippen molar-refractivity contribution in [2.24, 2.45) is 0 Å². The van der Waals surface area contributed by atoms with Gasteiger partial charge in [-0.25, -0.2) is 4.39 Å². The van der Waals surface area contributed by atoms with E-state index >= 15 is 0 Å². The molecular weight excluding hydrogens is 341 g/mol. The van der Waals surface area contributed by atoms with Crippen molar-refractivity contribution in [3.8, 4) is 0 Å². The molecule has 2 N–H and O–H groups in total. The molecule has 0 aliphatic carbocycles. The zero-order chi connectivity index (χ0) is 17.2. The van der Waals surface area contributed by atoms with Crippen LogP contribution in [0.15, 0.2) is 34.4 Å². The van der Waals surface area contributed by atoms with Gasteiger partial charge in [0.2, 0.25) is 0 Å². The fourth-order valence-corrected chi connectivity index (χ4v) is 4.21. The predicted molar refractivity (Wildman–Crippen MR) is 94.3 cm³/mol. The molecule has 0 spiro atoms. The van der Waals surface area contributed by atoms with E-state index < -0.39 is 0 Å². The van der Waals surface area contributed by atoms with Crippen molar-refractivity contribution in [2.75, 3.05) is 13.1 Å². The Balaban J connectivity index is 1.49. The second-order valence-corrected chi connectivity index (χ2v) is 7.13. The van der Waals surface area contributed by atoms with Crippen LogP contribution in [-0.2, 0) is 6.54 Å². The first-order chi connectivity index (χ1) is 12.2. The van der Waals surface area contributed by atoms with Crippen molar-refractivity contribution in [3.05, 3.63) is 52.5 Å². The summed E-state index contributed by atoms with van der Waals surface area (Å²) in [6, 6.07) is 4.71. The van der Waals surface area contributed by atoms with Crippen LogP contribution < -0.4 is 10.6 Å². The summed E-state index contributed by atoms with van der Waals surface area (Å²) < 4.78 is 19.5. The first kappa shape index (κ1) is 16.2. The molecule has 25 heavy (non-hydrogen) atoms. The monoisotopic (exact) mass is 359 g/mol. The van der Waals surface area contributed by atoms with Gasteiger partial charge in [-0.3, -0.25) is 4.79 Å². The van der Waals surface area contributed by atoms with E-state index in [1.165, 1.54) is 18.4 Å². The van der Waals surface area contributed by atoms with Gasteiger partial charge in [0.25, 0.3) is 5.91 Å². The van der Waals surface area contributed by atoms with E-state index in [4.69, 9.17) is 4.52 Å². The molecule has 0 radical (unpaired) electrons. The largest absolute Gasteiger partial charge is 0.364 e. The molecule has 5 nitrogen and oxygen atoms in total. The zero-order valence-corrected chi connectivity index (χ0v) is 14.4. The number of aromatic nitrogens is 1. The number of piperidine rings is 1. The Bertz CT molecular complexity index is 899. The highest BCUT2D eigenvalue weighted by atomic mass is 32.1. The Labute approximate surface area is 148 Å². The number of rotatable bonds is 4. The minimum Gasteiger partial charge on any atom is -0.364 e. The Hall–Kier alpha value is -2.25. The summed E-state index contributed by atoms with van der Waals surface area (Å²) in [4.78, 5) is 12.6. The van der Waals surface area contributed by atoms with Crippen LogP contribution in [0.4, 0.5) is 4.39 Å². The standard InChI is InChI=1S/C18H18FN3O2S/c19-13-1-2-16-14(7-13)12(10-25-16)8-21-18(23)15-9-24-22-17(15)11-3-5-20-6-4-11/h1-2,7,9-11,20H,3-6,8H2,(H,21,23). The van der Waals surface area contributed by atoms with E-state index in [0.717, 1.165) is 47.3 Å². The number of nitrogens with one attached hydrogen (secondary N) is 2. The summed E-state index contributed by atoms with van der Waals surface area (Å²) in [5.41, 5.74) is 2.14. The lowest BCUT2D eigenvalue weighted by molar-refractivity contribution is 0.0949. The van der Waals surface area contributed by atoms with Crippen LogP contribution in [0.5, 0.6) is 0 Å². The van der Waals surface area contributed by atoms with Crippen LogP contribution in [0.2, 0.25) is 0 Å². The lowest BCUT2D eigenvalue weighted by Crippen LogP contribution is -2.29. The molecular formula is C18H18FN3O2S. The van der Waals surface area contributed by atoms with Gasteiger partial charge in [-0.15, -0.1) is 11.3 Å². The number of halogens is 1. The van der Waals surface area contributed by atoms with E-state index in [1.54, 1.807) is 17.4 Å². The third kappa shape index (κ3) is 3.29. The molecule has 1 aliphatic heterocycles. The molecule has 0 atom stereocenters. The van der Waals surface area contributed by atoms with Crippen LogP contribution in [0.3, 0.4) is 0 Å². The minimum atomic E-state index is -0.272. The van der Waals surface area contributed by atoms with E-state index in [2.05, 4.69) is 15.8 Å². The van der Waals surface area contributed by atoms with Crippen LogP contribution in [0.25, 0.3) is 10.1 Å². The molecule has 1 aliphatic rings. The van der Waals surface area contributed by atoms with Crippen LogP contribution in [-0.4, -0.2) is 24.2 Å². The van der Waals surface area contributed by atoms with Gasteiger partial charge in [0.15, 0.2) is 0 Å². The highest BCUT2D eigenvalue weighted by Gasteiger charge is 2.25. The van der Waals surface area contributed by atoms with Crippen LogP contribution in [0, 0.1) is 5.82 Å². The third-order valence-electron chi connectivity index (χ3n) is 4.62. The number of carbonyl (C=O) groups excluding carboxylic acids is 1. The maximum atomic E-state index is 13.5. The third-order valence-corrected chi connectivity index (χ3v) is 5.64. The SMILES string of the molecule is O=C(NCc1csc2ccc(F)cc12)c1conc1C1CCNCC1. The highest BCUT2D eigenvalue weighted by Crippen LogP contribution is 2.28. The maximum absolute atomic E-state index is 13.5. The van der Waals surface area contributed by atoms with Gasteiger partial charge in [0, 0.05) is 22.5 Å². The van der Waals surface area contributed by atoms with Crippen LogP contribution >= 0.6 is 11.3 Å². The smallest absolute Gasteiger partial charge is 0.256 e. The summed E-state index contributed by atoms with van der Waals surface area (Å²) >= 11 is 1.54. The fraction of sp³-hybridized carbons (Fsp3) is 0.333. The molecule has 7 heteroatoms. The zero-order valence-electron chi connectivity index (χ0n) is 13.5. The molecule has 3 aromatic rings. The summed E-state index contributed by atoms with van der Waals surface area (Å²) in [6.07, 6.45) is 3.31. The molecule has 0 bridgehead atoms. The summed E-state index contributed by atoms with van der Waals surface area (Å²) in [5.74, 6) is -0.229. The first-order valence-corrected chi connectivity index (χ1v) is 9.19. The average molecular weight is 359 g/mol. The second-order valence-electron chi connectivity index (χ2n) is 6.22. The van der Waals surface area contributed by atoms with Gasteiger partial charge in [-0.05, 0) is 55.1 Å². The van der Waals surface area contributed by atoms with Gasteiger partial charge < -0.3 is 15.2 Å². The topological polar surface area (TPSA) is 67.2 Å². The first-order valence-electron chi connectivity index (χ1n) is 8.31. The number of hydrogen-bond acceptors (Lipinski definition) is 5. The molecule has 0 unspecified atom stereocenters. The van der Waals surface area contributed by atoms with Crippen molar-refractivity contribution in [3.63, 3.8) is 0 Å². The van der Waals surface area contributed by atoms with E-state index in [9.17, 15) is 9.18 Å². The Morgan fingerprint density at radius 3 is 3.08 bits per heavy atom. The molecule has 2 aromatic heterocycles. The summed E-state index contributed by atoms with van der Waals surface area (Å²) in [7, 11) is 0. The van der Waals surface area contributed by atoms with E-state index in [-0.39, 0.29) is 17.6 Å². The second kappa shape index (κ2) is 6.93. The van der Waals surface area contributed by atoms with Gasteiger partial charge >= 0.3 is 0 Å². The van der Waals surface area contributed by atoms with Crippen molar-refractivity contribution < 1.29 is 13.7 Å². The van der Waals surface area contributed by atoms with Gasteiger partial charge in [0.1, 0.15) is 17.6 Å². The molecule has 3 heterocycles. The quantitative estimate of drug-likeness (QED) is 0.749. The maximum Gasteiger partial charge on any atom is 0.256 e. The predicted octanol–water partition coefficient (Wildman–Crippen LogP) is 3.43. The number of hydrogen-bond donors (Lipinski definition) is 2. The molecule has 4 rings (SSSR count). The summed E-state index contributed by atoms with van der Waals surface area (Å²) in [5, 5.41) is 13.1. The Morgan fingerprint density at radius 2 is 2.24 bits per heavy atom. The van der Waals surface area contributed by atoms with Gasteiger partial charge in [-0.2, -0.15) is 0 Å². The number of fused-ring (bicyclic) bond motifs is 1. The average Bonchev–Trinajstić information content (AvgIpc) is 3.27. The minimum absolute atomic E-state index is 0.203. The molecule has 0 saturated carbocycles. The van der Waals surface area contributed by atoms with Gasteiger partial charge in [-0.1, -0.05) is 5.16 Å². The number of benzene rings is 1. The summed E-state index contributed by atoms with van der Waals surface area (Å²) in [6.45, 7) is 2.19. The number of thiophene rings is 1. The number of nitrogens with zero attached hydrogens (tertiary/aromatic N) is 1. The van der Waals surface area contributed by atoms with Crippen LogP contribution in [0.1, 0.15) is 40.4 Å². The lowest BCUT2D eigenvalue weighted by atomic mass is 9.92. The van der Waals surface area contributed by atoms with Crippen molar-refractivity contribution in [1.82, 2.24) is 15.8 Å². The van der Waals surface area contributed by atoms with Crippen molar-refractivity contribution in [1.29, 1.82) is 0 Å². The fourth-order valence-electron chi connectivity index (χ4n) is 3.27.